The molecule has 0 aromatic rings. The molecule has 0 aromatic carbocycles. The van der Waals surface area contributed by atoms with Crippen LogP contribution in [0.2, 0.25) is 0 Å². The van der Waals surface area contributed by atoms with Crippen LogP contribution in [0.5, 0.6) is 0 Å². The molecule has 0 rings (SSSR count). The number of amides is 1. The lowest BCUT2D eigenvalue weighted by molar-refractivity contribution is -0.126. The van der Waals surface area contributed by atoms with Crippen LogP contribution < -0.4 is 0 Å². The van der Waals surface area contributed by atoms with Crippen molar-refractivity contribution >= 4 is 11.7 Å². The molecule has 0 aliphatic rings. The fourth-order valence-electron chi connectivity index (χ4n) is 0. The molecule has 1 amide bonds. The van der Waals surface area contributed by atoms with Gasteiger partial charge in [-0.25, -0.2) is 0 Å². The summed E-state index contributed by atoms with van der Waals surface area (Å²) in [7, 11) is 9.45. The average molecular weight is 343 g/mol. The molecule has 0 atom stereocenters. The van der Waals surface area contributed by atoms with Gasteiger partial charge in [0.1, 0.15) is 5.78 Å². The van der Waals surface area contributed by atoms with Crippen LogP contribution in [0.15, 0.2) is 0 Å². The van der Waals surface area contributed by atoms with Gasteiger partial charge in [-0.05, 0) is 40.9 Å². The van der Waals surface area contributed by atoms with Crippen molar-refractivity contribution in [2.24, 2.45) is 5.92 Å². The van der Waals surface area contributed by atoms with Gasteiger partial charge in [-0.1, -0.05) is 57.9 Å². The Kier molecular flexibility index (Phi) is 107. The van der Waals surface area contributed by atoms with E-state index in [0.717, 1.165) is 5.92 Å². The number of carbonyl (C=O) groups excluding carboxylic acids is 2. The second-order valence-corrected chi connectivity index (χ2v) is 5.40. The van der Waals surface area contributed by atoms with E-state index in [1.165, 1.54) is 25.7 Å². The van der Waals surface area contributed by atoms with Gasteiger partial charge in [-0.3, -0.25) is 4.79 Å². The molecule has 23 heavy (non-hydrogen) atoms. The Morgan fingerprint density at radius 2 is 0.696 bits per heavy atom. The summed E-state index contributed by atoms with van der Waals surface area (Å²) in [4.78, 5) is 23.0. The lowest BCUT2D eigenvalue weighted by Gasteiger charge is -2.02. The number of Topliss-reactive ketones (excluding diaryl/α,β-unsaturated/α-hetero) is 1. The van der Waals surface area contributed by atoms with Gasteiger partial charge >= 0.3 is 0 Å². The van der Waals surface area contributed by atoms with E-state index in [9.17, 15) is 9.59 Å². The summed E-state index contributed by atoms with van der Waals surface area (Å²) < 4.78 is 0. The molecule has 0 unspecified atom stereocenters. The first kappa shape index (κ1) is 57.3. The molecule has 0 bridgehead atoms. The van der Waals surface area contributed by atoms with Gasteiger partial charge in [0.15, 0.2) is 0 Å². The van der Waals surface area contributed by atoms with Crippen LogP contribution in [0.3, 0.4) is 0 Å². The van der Waals surface area contributed by atoms with Crippen LogP contribution in [0.1, 0.15) is 78.7 Å². The highest BCUT2D eigenvalue weighted by Crippen LogP contribution is 1.81. The largest absolute Gasteiger partial charge is 0.349 e. The topological polar surface area (TPSA) is 40.6 Å². The summed E-state index contributed by atoms with van der Waals surface area (Å²) in [5.74, 6) is 1.09. The van der Waals surface area contributed by atoms with Crippen LogP contribution in [0, 0.1) is 5.92 Å². The van der Waals surface area contributed by atoms with Crippen molar-refractivity contribution in [3.8, 4) is 0 Å². The second-order valence-electron chi connectivity index (χ2n) is 5.40. The quantitative estimate of drug-likeness (QED) is 0.566. The number of ketones is 1. The molecule has 0 spiro atoms. The van der Waals surface area contributed by atoms with E-state index in [0.29, 0.717) is 0 Å². The van der Waals surface area contributed by atoms with E-state index < -0.39 is 0 Å². The Morgan fingerprint density at radius 3 is 0.696 bits per heavy atom. The van der Waals surface area contributed by atoms with Crippen LogP contribution >= 0.6 is 0 Å². The Labute approximate surface area is 151 Å². The Hall–Kier alpha value is -0.900. The first-order valence-corrected chi connectivity index (χ1v) is 6.10. The summed E-state index contributed by atoms with van der Waals surface area (Å²) >= 11 is 0. The van der Waals surface area contributed by atoms with Crippen molar-refractivity contribution in [1.82, 2.24) is 9.80 Å². The van der Waals surface area contributed by atoms with E-state index in [-0.39, 0.29) is 48.8 Å². The predicted molar refractivity (Wildman–Crippen MR) is 115 cm³/mol. The number of carbonyl (C=O) groups is 2. The van der Waals surface area contributed by atoms with Crippen LogP contribution in [0.4, 0.5) is 0 Å². The zero-order valence-electron chi connectivity index (χ0n) is 14.3. The third-order valence-electron chi connectivity index (χ3n) is 0.630. The van der Waals surface area contributed by atoms with Crippen LogP contribution in [0.25, 0.3) is 0 Å². The Bertz CT molecular complexity index is 174. The molecular formula is C19H54N2O2. The molecule has 0 aliphatic carbocycles. The number of hydrogen-bond donors (Lipinski definition) is 0. The summed E-state index contributed by atoms with van der Waals surface area (Å²) in [5, 5.41) is 0. The fraction of sp³-hybridized carbons (Fsp3) is 0.895. The molecule has 0 aromatic heterocycles. The molecule has 0 saturated carbocycles. The Morgan fingerprint density at radius 1 is 0.652 bits per heavy atom. The van der Waals surface area contributed by atoms with Gasteiger partial charge in [0.2, 0.25) is 5.91 Å². The first-order chi connectivity index (χ1) is 7.84. The molecular weight excluding hydrogens is 288 g/mol. The van der Waals surface area contributed by atoms with E-state index in [1.807, 2.05) is 26.0 Å². The van der Waals surface area contributed by atoms with Gasteiger partial charge in [0.05, 0.1) is 0 Å². The summed E-state index contributed by atoms with van der Waals surface area (Å²) in [6.45, 7) is 11.1. The zero-order valence-corrected chi connectivity index (χ0v) is 14.3. The highest BCUT2D eigenvalue weighted by atomic mass is 16.2. The van der Waals surface area contributed by atoms with E-state index in [4.69, 9.17) is 0 Å². The molecule has 0 saturated heterocycles. The zero-order chi connectivity index (χ0) is 15.9. The highest BCUT2D eigenvalue weighted by molar-refractivity contribution is 5.72. The lowest BCUT2D eigenvalue weighted by Crippen LogP contribution is -2.17. The minimum Gasteiger partial charge on any atom is -0.349 e. The van der Waals surface area contributed by atoms with E-state index in [2.05, 4.69) is 20.8 Å². The number of hydrogen-bond acceptors (Lipinski definition) is 3. The van der Waals surface area contributed by atoms with Crippen LogP contribution in [-0.4, -0.2) is 56.7 Å². The molecule has 0 heterocycles. The summed E-state index contributed by atoms with van der Waals surface area (Å²) in [6, 6.07) is 0. The highest BCUT2D eigenvalue weighted by Gasteiger charge is 1.87. The normalized spacial score (nSPS) is 6.30. The van der Waals surface area contributed by atoms with Gasteiger partial charge in [-0.15, -0.1) is 0 Å². The van der Waals surface area contributed by atoms with Gasteiger partial charge < -0.3 is 14.6 Å². The molecule has 4 heteroatoms. The number of rotatable bonds is 0. The van der Waals surface area contributed by atoms with E-state index >= 15 is 0 Å². The monoisotopic (exact) mass is 342 g/mol. The maximum atomic E-state index is 10.1. The maximum Gasteiger partial charge on any atom is 0.218 e. The Balaban J connectivity index is -0.0000000154. The predicted octanol–water partition coefficient (Wildman–Crippen LogP) is 5.71. The van der Waals surface area contributed by atoms with Crippen molar-refractivity contribution in [3.63, 3.8) is 0 Å². The second kappa shape index (κ2) is 42.9. The van der Waals surface area contributed by atoms with Gasteiger partial charge in [-0.2, -0.15) is 0 Å². The van der Waals surface area contributed by atoms with Crippen molar-refractivity contribution < 1.29 is 9.59 Å². The molecule has 152 valence electrons. The third-order valence-corrected chi connectivity index (χ3v) is 0.630. The first-order valence-electron chi connectivity index (χ1n) is 6.10. The van der Waals surface area contributed by atoms with Crippen molar-refractivity contribution in [2.45, 2.75) is 78.7 Å². The number of nitrogens with zero attached hydrogens (tertiary/aromatic N) is 2. The van der Waals surface area contributed by atoms with Gasteiger partial charge in [0, 0.05) is 21.0 Å². The van der Waals surface area contributed by atoms with E-state index in [1.54, 1.807) is 14.1 Å². The van der Waals surface area contributed by atoms with Crippen molar-refractivity contribution in [1.29, 1.82) is 0 Å². The lowest BCUT2D eigenvalue weighted by atomic mass is 10.3. The van der Waals surface area contributed by atoms with Crippen molar-refractivity contribution in [2.75, 3.05) is 35.2 Å². The minimum absolute atomic E-state index is 0. The smallest absolute Gasteiger partial charge is 0.218 e. The standard InChI is InChI=1S/C4H9NO.C4H10.C3H9N.C3H6O.5CH4/c1-4(6)5(2)3;2*1-4(2)3;1-3(2)4;;;;;/h1-3H3;4H,1-3H3;1-3H3;1-2H3;5*1H4. The maximum absolute atomic E-state index is 10.1. The average Bonchev–Trinajstić information content (AvgIpc) is 1.99. The fourth-order valence-corrected chi connectivity index (χ4v) is 0. The van der Waals surface area contributed by atoms with Crippen molar-refractivity contribution in [3.05, 3.63) is 0 Å². The summed E-state index contributed by atoms with van der Waals surface area (Å²) in [6.07, 6.45) is 0. The third kappa shape index (κ3) is 801. The molecule has 0 fully saturated rings. The minimum atomic E-state index is 0. The molecule has 4 nitrogen and oxygen atoms in total. The van der Waals surface area contributed by atoms with Crippen LogP contribution in [-0.2, 0) is 9.59 Å². The summed E-state index contributed by atoms with van der Waals surface area (Å²) in [5.41, 5.74) is 0. The SMILES string of the molecule is C.C.C.C.C.CC(=O)N(C)C.CC(C)=O.CC(C)C.CN(C)C. The molecule has 0 N–H and O–H groups in total. The molecule has 0 radical (unpaired) electrons. The van der Waals surface area contributed by atoms with Gasteiger partial charge in [0.25, 0.3) is 0 Å². The molecule has 0 aliphatic heterocycles.